The second-order valence-corrected chi connectivity index (χ2v) is 5.05. The molecule has 8 heteroatoms. The van der Waals surface area contributed by atoms with E-state index in [0.29, 0.717) is 24.4 Å². The van der Waals surface area contributed by atoms with Crippen LogP contribution in [-0.4, -0.2) is 36.3 Å². The van der Waals surface area contributed by atoms with E-state index < -0.39 is 11.4 Å². The molecule has 0 spiro atoms. The van der Waals surface area contributed by atoms with Crippen molar-refractivity contribution in [3.05, 3.63) is 10.9 Å². The number of carboxylic acids is 1. The van der Waals surface area contributed by atoms with Crippen LogP contribution in [0.15, 0.2) is 10.9 Å². The van der Waals surface area contributed by atoms with E-state index in [1.54, 1.807) is 5.51 Å². The Labute approximate surface area is 114 Å². The van der Waals surface area contributed by atoms with Crippen LogP contribution in [0.2, 0.25) is 0 Å². The molecule has 7 nitrogen and oxygen atoms in total. The Balaban J connectivity index is 2.34. The SMILES string of the molecule is CCC(CC)(Cn1nnnc1-c1cscn1)C(=O)O. The summed E-state index contributed by atoms with van der Waals surface area (Å²) in [6.07, 6.45) is 1.05. The molecule has 0 saturated carbocycles. The molecule has 0 bridgehead atoms. The molecule has 0 aromatic carbocycles. The van der Waals surface area contributed by atoms with Gasteiger partial charge in [0.25, 0.3) is 0 Å². The molecular formula is C11H15N5O2S. The minimum Gasteiger partial charge on any atom is -0.481 e. The molecule has 2 heterocycles. The number of thiazole rings is 1. The quantitative estimate of drug-likeness (QED) is 0.866. The first-order valence-electron chi connectivity index (χ1n) is 6.01. The highest BCUT2D eigenvalue weighted by Crippen LogP contribution is 2.30. The Kier molecular flexibility index (Phi) is 3.89. The number of aromatic nitrogens is 5. The highest BCUT2D eigenvalue weighted by atomic mass is 32.1. The van der Waals surface area contributed by atoms with Crippen molar-refractivity contribution in [1.29, 1.82) is 0 Å². The monoisotopic (exact) mass is 281 g/mol. The number of carbonyl (C=O) groups is 1. The summed E-state index contributed by atoms with van der Waals surface area (Å²) in [5, 5.41) is 22.7. The van der Waals surface area contributed by atoms with Crippen molar-refractivity contribution in [3.63, 3.8) is 0 Å². The summed E-state index contributed by atoms with van der Waals surface area (Å²) in [6, 6.07) is 0. The number of hydrogen-bond donors (Lipinski definition) is 1. The minimum atomic E-state index is -0.847. The first-order valence-corrected chi connectivity index (χ1v) is 6.95. The van der Waals surface area contributed by atoms with Crippen LogP contribution in [0, 0.1) is 5.41 Å². The van der Waals surface area contributed by atoms with Crippen LogP contribution in [-0.2, 0) is 11.3 Å². The molecule has 102 valence electrons. The molecule has 0 aliphatic heterocycles. The average molecular weight is 281 g/mol. The minimum absolute atomic E-state index is 0.245. The Morgan fingerprint density at radius 3 is 2.74 bits per heavy atom. The summed E-state index contributed by atoms with van der Waals surface area (Å²) in [6.45, 7) is 3.98. The standard InChI is InChI=1S/C11H15N5O2S/c1-3-11(4-2,10(17)18)6-16-9(13-14-15-16)8-5-19-7-12-8/h5,7H,3-4,6H2,1-2H3,(H,17,18). The zero-order valence-corrected chi connectivity index (χ0v) is 11.6. The molecule has 0 unspecified atom stereocenters. The second kappa shape index (κ2) is 5.43. The molecule has 2 aromatic rings. The first-order chi connectivity index (χ1) is 9.13. The van der Waals surface area contributed by atoms with Crippen molar-refractivity contribution in [2.75, 3.05) is 0 Å². The molecule has 0 radical (unpaired) electrons. The maximum atomic E-state index is 11.5. The molecule has 0 atom stereocenters. The number of hydrogen-bond acceptors (Lipinski definition) is 6. The Morgan fingerprint density at radius 1 is 1.47 bits per heavy atom. The number of tetrazole rings is 1. The lowest BCUT2D eigenvalue weighted by Crippen LogP contribution is -2.35. The molecule has 2 aromatic heterocycles. The van der Waals surface area contributed by atoms with Gasteiger partial charge in [-0.3, -0.25) is 4.79 Å². The van der Waals surface area contributed by atoms with Gasteiger partial charge >= 0.3 is 5.97 Å². The topological polar surface area (TPSA) is 93.8 Å². The molecule has 0 amide bonds. The fraction of sp³-hybridized carbons (Fsp3) is 0.545. The van der Waals surface area contributed by atoms with Gasteiger partial charge in [-0.25, -0.2) is 9.67 Å². The third-order valence-corrected chi connectivity index (χ3v) is 4.04. The van der Waals surface area contributed by atoms with Gasteiger partial charge in [-0.05, 0) is 23.3 Å². The maximum Gasteiger partial charge on any atom is 0.311 e. The third kappa shape index (κ3) is 2.48. The Hall–Kier alpha value is -1.83. The van der Waals surface area contributed by atoms with Crippen molar-refractivity contribution in [2.24, 2.45) is 5.41 Å². The predicted octanol–water partition coefficient (Wildman–Crippen LogP) is 1.69. The first kappa shape index (κ1) is 13.6. The molecular weight excluding hydrogens is 266 g/mol. The van der Waals surface area contributed by atoms with Crippen molar-refractivity contribution >= 4 is 17.3 Å². The van der Waals surface area contributed by atoms with Crippen molar-refractivity contribution in [2.45, 2.75) is 33.2 Å². The zero-order chi connectivity index (χ0) is 13.9. The van der Waals surface area contributed by atoms with Crippen LogP contribution < -0.4 is 0 Å². The van der Waals surface area contributed by atoms with Crippen LogP contribution in [0.4, 0.5) is 0 Å². The van der Waals surface area contributed by atoms with E-state index in [4.69, 9.17) is 0 Å². The van der Waals surface area contributed by atoms with Gasteiger partial charge in [-0.2, -0.15) is 0 Å². The van der Waals surface area contributed by atoms with E-state index >= 15 is 0 Å². The van der Waals surface area contributed by atoms with Crippen molar-refractivity contribution in [1.82, 2.24) is 25.2 Å². The van der Waals surface area contributed by atoms with Gasteiger partial charge in [0.1, 0.15) is 5.69 Å². The average Bonchev–Trinajstić information content (AvgIpc) is 3.06. The smallest absolute Gasteiger partial charge is 0.311 e. The van der Waals surface area contributed by atoms with E-state index in [1.807, 2.05) is 19.2 Å². The van der Waals surface area contributed by atoms with Crippen LogP contribution in [0.3, 0.4) is 0 Å². The van der Waals surface area contributed by atoms with E-state index in [2.05, 4.69) is 20.5 Å². The largest absolute Gasteiger partial charge is 0.481 e. The van der Waals surface area contributed by atoms with Gasteiger partial charge in [0.2, 0.25) is 5.82 Å². The molecule has 19 heavy (non-hydrogen) atoms. The molecule has 1 N–H and O–H groups in total. The van der Waals surface area contributed by atoms with Gasteiger partial charge in [0, 0.05) is 5.38 Å². The fourth-order valence-corrected chi connectivity index (χ4v) is 2.48. The van der Waals surface area contributed by atoms with E-state index in [0.717, 1.165) is 0 Å². The third-order valence-electron chi connectivity index (χ3n) is 3.45. The Bertz CT molecular complexity index is 547. The summed E-state index contributed by atoms with van der Waals surface area (Å²) >= 11 is 1.45. The fourth-order valence-electron chi connectivity index (χ4n) is 1.95. The number of rotatable bonds is 6. The summed E-state index contributed by atoms with van der Waals surface area (Å²) in [5.41, 5.74) is 1.51. The summed E-state index contributed by atoms with van der Waals surface area (Å²) in [4.78, 5) is 15.7. The number of aliphatic carboxylic acids is 1. The maximum absolute atomic E-state index is 11.5. The van der Waals surface area contributed by atoms with Gasteiger partial charge < -0.3 is 5.11 Å². The zero-order valence-electron chi connectivity index (χ0n) is 10.8. The highest BCUT2D eigenvalue weighted by molar-refractivity contribution is 7.07. The van der Waals surface area contributed by atoms with E-state index in [1.165, 1.54) is 16.0 Å². The van der Waals surface area contributed by atoms with Crippen molar-refractivity contribution in [3.8, 4) is 11.5 Å². The van der Waals surface area contributed by atoms with E-state index in [-0.39, 0.29) is 6.54 Å². The highest BCUT2D eigenvalue weighted by Gasteiger charge is 2.36. The molecule has 0 aliphatic rings. The summed E-state index contributed by atoms with van der Waals surface area (Å²) in [7, 11) is 0. The predicted molar refractivity (Wildman–Crippen MR) is 69.6 cm³/mol. The second-order valence-electron chi connectivity index (χ2n) is 4.33. The number of carboxylic acid groups (broad SMARTS) is 1. The van der Waals surface area contributed by atoms with Crippen LogP contribution in [0.25, 0.3) is 11.5 Å². The van der Waals surface area contributed by atoms with Crippen LogP contribution in [0.1, 0.15) is 26.7 Å². The molecule has 2 rings (SSSR count). The van der Waals surface area contributed by atoms with Crippen LogP contribution in [0.5, 0.6) is 0 Å². The summed E-state index contributed by atoms with van der Waals surface area (Å²) in [5.74, 6) is -0.314. The lowest BCUT2D eigenvalue weighted by molar-refractivity contribution is -0.150. The normalized spacial score (nSPS) is 11.7. The Morgan fingerprint density at radius 2 is 2.21 bits per heavy atom. The van der Waals surface area contributed by atoms with E-state index in [9.17, 15) is 9.90 Å². The lowest BCUT2D eigenvalue weighted by Gasteiger charge is -2.26. The van der Waals surface area contributed by atoms with Crippen LogP contribution >= 0.6 is 11.3 Å². The molecule has 0 saturated heterocycles. The van der Waals surface area contributed by atoms with Gasteiger partial charge in [0.15, 0.2) is 0 Å². The molecule has 0 fully saturated rings. The molecule has 0 aliphatic carbocycles. The lowest BCUT2D eigenvalue weighted by atomic mass is 9.82. The van der Waals surface area contributed by atoms with Gasteiger partial charge in [0.05, 0.1) is 17.5 Å². The number of nitrogens with zero attached hydrogens (tertiary/aromatic N) is 5. The summed E-state index contributed by atoms with van der Waals surface area (Å²) < 4.78 is 1.52. The van der Waals surface area contributed by atoms with Gasteiger partial charge in [-0.1, -0.05) is 13.8 Å². The van der Waals surface area contributed by atoms with Gasteiger partial charge in [-0.15, -0.1) is 16.4 Å². The van der Waals surface area contributed by atoms with Crippen molar-refractivity contribution < 1.29 is 9.90 Å².